The van der Waals surface area contributed by atoms with E-state index in [2.05, 4.69) is 31.8 Å². The van der Waals surface area contributed by atoms with Crippen LogP contribution in [0.5, 0.6) is 5.75 Å². The molecule has 4 nitrogen and oxygen atoms in total. The largest absolute Gasteiger partial charge is 0.482 e. The zero-order valence-corrected chi connectivity index (χ0v) is 21.9. The lowest BCUT2D eigenvalue weighted by molar-refractivity contribution is -0.145. The molecule has 0 bridgehead atoms. The Balaban J connectivity index is 1.73. The van der Waals surface area contributed by atoms with Crippen LogP contribution in [0.1, 0.15) is 49.4 Å². The minimum Gasteiger partial charge on any atom is -0.482 e. The van der Waals surface area contributed by atoms with Gasteiger partial charge in [-0.2, -0.15) is 13.2 Å². The number of aromatic nitrogens is 1. The molecule has 2 aromatic carbocycles. The van der Waals surface area contributed by atoms with Crippen molar-refractivity contribution in [1.82, 2.24) is 4.98 Å². The molecule has 3 aromatic rings. The number of carbonyl (C=O) groups is 1. The summed E-state index contributed by atoms with van der Waals surface area (Å²) in [4.78, 5) is 18.4. The number of hydrogen-bond donors (Lipinski definition) is 0. The van der Waals surface area contributed by atoms with Crippen molar-refractivity contribution in [2.75, 3.05) is 13.2 Å². The summed E-state index contributed by atoms with van der Waals surface area (Å²) in [5.41, 5.74) is 1.65. The number of alkyl halides is 3. The van der Waals surface area contributed by atoms with Crippen LogP contribution >= 0.6 is 23.1 Å². The Morgan fingerprint density at radius 2 is 1.77 bits per heavy atom. The van der Waals surface area contributed by atoms with Crippen molar-refractivity contribution in [2.24, 2.45) is 0 Å². The van der Waals surface area contributed by atoms with Crippen LogP contribution in [0.25, 0.3) is 10.6 Å². The van der Waals surface area contributed by atoms with Crippen molar-refractivity contribution < 1.29 is 27.4 Å². The normalized spacial score (nSPS) is 12.0. The molecule has 0 aliphatic carbocycles. The number of hydrogen-bond acceptors (Lipinski definition) is 6. The van der Waals surface area contributed by atoms with Crippen molar-refractivity contribution in [1.29, 1.82) is 0 Å². The molecule has 0 atom stereocenters. The second-order valence-electron chi connectivity index (χ2n) is 8.89. The smallest absolute Gasteiger partial charge is 0.416 e. The Morgan fingerprint density at radius 3 is 2.37 bits per heavy atom. The molecule has 3 rings (SSSR count). The quantitative estimate of drug-likeness (QED) is 0.224. The predicted molar refractivity (Wildman–Crippen MR) is 134 cm³/mol. The van der Waals surface area contributed by atoms with Gasteiger partial charge in [-0.1, -0.05) is 32.9 Å². The van der Waals surface area contributed by atoms with Gasteiger partial charge in [-0.3, -0.25) is 0 Å². The fourth-order valence-corrected chi connectivity index (χ4v) is 5.43. The fraction of sp³-hybridized carbons (Fsp3) is 0.385. The van der Waals surface area contributed by atoms with Gasteiger partial charge in [0.2, 0.25) is 0 Å². The van der Waals surface area contributed by atoms with Crippen molar-refractivity contribution in [3.63, 3.8) is 0 Å². The summed E-state index contributed by atoms with van der Waals surface area (Å²) in [5, 5.41) is 0.699. The van der Waals surface area contributed by atoms with E-state index in [4.69, 9.17) is 9.47 Å². The summed E-state index contributed by atoms with van der Waals surface area (Å²) in [6.45, 7) is 10.1. The molecule has 0 saturated carbocycles. The average molecular weight is 524 g/mol. The monoisotopic (exact) mass is 523 g/mol. The van der Waals surface area contributed by atoms with Gasteiger partial charge in [0.25, 0.3) is 0 Å². The molecule has 1 aromatic heterocycles. The molecular formula is C26H28F3NO3S2. The van der Waals surface area contributed by atoms with Crippen molar-refractivity contribution >= 4 is 29.1 Å². The molecule has 35 heavy (non-hydrogen) atoms. The first-order valence-electron chi connectivity index (χ1n) is 11.1. The van der Waals surface area contributed by atoms with E-state index < -0.39 is 17.7 Å². The topological polar surface area (TPSA) is 48.4 Å². The first-order valence-corrected chi connectivity index (χ1v) is 12.9. The second kappa shape index (κ2) is 11.0. The van der Waals surface area contributed by atoms with E-state index in [1.54, 1.807) is 18.7 Å². The minimum absolute atomic E-state index is 0.143. The average Bonchev–Trinajstić information content (AvgIpc) is 3.16. The first-order chi connectivity index (χ1) is 16.4. The summed E-state index contributed by atoms with van der Waals surface area (Å²) in [5.74, 6) is 0.917. The maximum Gasteiger partial charge on any atom is 0.416 e. The van der Waals surface area contributed by atoms with Gasteiger partial charge in [0.1, 0.15) is 10.8 Å². The van der Waals surface area contributed by atoms with E-state index in [-0.39, 0.29) is 12.0 Å². The van der Waals surface area contributed by atoms with Crippen LogP contribution < -0.4 is 4.74 Å². The Labute approximate surface area is 211 Å². The van der Waals surface area contributed by atoms with Gasteiger partial charge in [0.05, 0.1) is 17.9 Å². The van der Waals surface area contributed by atoms with Crippen molar-refractivity contribution in [3.8, 4) is 16.3 Å². The predicted octanol–water partition coefficient (Wildman–Crippen LogP) is 7.67. The van der Waals surface area contributed by atoms with Crippen LogP contribution in [0.3, 0.4) is 0 Å². The number of ether oxygens (including phenoxy) is 2. The van der Waals surface area contributed by atoms with Gasteiger partial charge in [0, 0.05) is 26.7 Å². The molecule has 0 aliphatic heterocycles. The van der Waals surface area contributed by atoms with Gasteiger partial charge < -0.3 is 9.47 Å². The van der Waals surface area contributed by atoms with E-state index in [1.165, 1.54) is 23.5 Å². The fourth-order valence-electron chi connectivity index (χ4n) is 3.29. The molecule has 0 N–H and O–H groups in total. The number of thioether (sulfide) groups is 1. The third-order valence-corrected chi connectivity index (χ3v) is 7.54. The number of benzene rings is 2. The van der Waals surface area contributed by atoms with Crippen LogP contribution in [0, 0.1) is 6.92 Å². The lowest BCUT2D eigenvalue weighted by Gasteiger charge is -2.23. The summed E-state index contributed by atoms with van der Waals surface area (Å²) in [7, 11) is 0. The molecule has 1 heterocycles. The zero-order valence-electron chi connectivity index (χ0n) is 20.3. The highest BCUT2D eigenvalue weighted by Crippen LogP contribution is 2.38. The SMILES string of the molecule is CCOC(=O)COc1ccc(SCc2sc(-c3ccc(C(F)(F)F)cc3)nc2C)cc1C(C)(C)C. The second-order valence-corrected chi connectivity index (χ2v) is 11.0. The van der Waals surface area contributed by atoms with Crippen molar-refractivity contribution in [3.05, 3.63) is 64.2 Å². The number of halogens is 3. The maximum atomic E-state index is 12.8. The molecule has 0 aliphatic rings. The molecule has 0 saturated heterocycles. The highest BCUT2D eigenvalue weighted by atomic mass is 32.2. The van der Waals surface area contributed by atoms with Gasteiger partial charge in [-0.15, -0.1) is 23.1 Å². The minimum atomic E-state index is -4.36. The van der Waals surface area contributed by atoms with Crippen molar-refractivity contribution in [2.45, 2.75) is 56.9 Å². The number of thiazole rings is 1. The molecule has 9 heteroatoms. The lowest BCUT2D eigenvalue weighted by atomic mass is 9.86. The van der Waals surface area contributed by atoms with Gasteiger partial charge in [-0.25, -0.2) is 9.78 Å². The molecule has 188 valence electrons. The van der Waals surface area contributed by atoms with E-state index in [0.717, 1.165) is 33.2 Å². The number of carbonyl (C=O) groups excluding carboxylic acids is 1. The van der Waals surface area contributed by atoms with Crippen LogP contribution in [-0.4, -0.2) is 24.2 Å². The van der Waals surface area contributed by atoms with Crippen LogP contribution in [0.2, 0.25) is 0 Å². The third kappa shape index (κ3) is 7.24. The highest BCUT2D eigenvalue weighted by molar-refractivity contribution is 7.98. The van der Waals surface area contributed by atoms with E-state index in [0.29, 0.717) is 28.7 Å². The Morgan fingerprint density at radius 1 is 1.09 bits per heavy atom. The Bertz CT molecular complexity index is 1170. The highest BCUT2D eigenvalue weighted by Gasteiger charge is 2.30. The van der Waals surface area contributed by atoms with E-state index in [1.807, 2.05) is 19.1 Å². The Hall–Kier alpha value is -2.52. The summed E-state index contributed by atoms with van der Waals surface area (Å²) >= 11 is 3.13. The molecule has 0 unspecified atom stereocenters. The standard InChI is InChI=1S/C26H28F3NO3S2/c1-6-32-23(31)14-33-21-12-11-19(13-20(21)25(3,4)5)34-15-22-16(2)30-24(35-22)17-7-9-18(10-8-17)26(27,28)29/h7-13H,6,14-15H2,1-5H3. The third-order valence-electron chi connectivity index (χ3n) is 5.13. The summed E-state index contributed by atoms with van der Waals surface area (Å²) in [6.07, 6.45) is -4.36. The maximum absolute atomic E-state index is 12.8. The lowest BCUT2D eigenvalue weighted by Crippen LogP contribution is -2.18. The molecule has 0 amide bonds. The van der Waals surface area contributed by atoms with Gasteiger partial charge >= 0.3 is 12.1 Å². The molecule has 0 fully saturated rings. The molecule has 0 radical (unpaired) electrons. The van der Waals surface area contributed by atoms with Gasteiger partial charge in [-0.05, 0) is 49.6 Å². The summed E-state index contributed by atoms with van der Waals surface area (Å²) in [6, 6.07) is 11.0. The van der Waals surface area contributed by atoms with E-state index >= 15 is 0 Å². The zero-order chi connectivity index (χ0) is 25.8. The number of esters is 1. The first kappa shape index (κ1) is 27.1. The van der Waals surface area contributed by atoms with Crippen LogP contribution in [0.4, 0.5) is 13.2 Å². The molecule has 0 spiro atoms. The number of aryl methyl sites for hydroxylation is 1. The van der Waals surface area contributed by atoms with E-state index in [9.17, 15) is 18.0 Å². The van der Waals surface area contributed by atoms with Crippen LogP contribution in [0.15, 0.2) is 47.4 Å². The van der Waals surface area contributed by atoms with Crippen LogP contribution in [-0.2, 0) is 26.9 Å². The number of rotatable bonds is 8. The molecular weight excluding hydrogens is 495 g/mol. The Kier molecular flexibility index (Phi) is 8.54. The number of nitrogens with zero attached hydrogens (tertiary/aromatic N) is 1. The van der Waals surface area contributed by atoms with Gasteiger partial charge in [0.15, 0.2) is 6.61 Å². The summed E-state index contributed by atoms with van der Waals surface area (Å²) < 4.78 is 49.2.